The topological polar surface area (TPSA) is 54.5 Å². The molecule has 1 saturated heterocycles. The van der Waals surface area contributed by atoms with Gasteiger partial charge in [0, 0.05) is 31.9 Å². The molecule has 21 heavy (non-hydrogen) atoms. The normalized spacial score (nSPS) is 22.3. The summed E-state index contributed by atoms with van der Waals surface area (Å²) in [5.74, 6) is 0.719. The lowest BCUT2D eigenvalue weighted by Crippen LogP contribution is -2.40. The highest BCUT2D eigenvalue weighted by atomic mass is 16.5. The van der Waals surface area contributed by atoms with Gasteiger partial charge >= 0.3 is 6.03 Å². The number of nitrogens with zero attached hydrogens (tertiary/aromatic N) is 2. The molecule has 0 spiro atoms. The van der Waals surface area contributed by atoms with Crippen LogP contribution in [0.2, 0.25) is 0 Å². The molecule has 110 valence electrons. The van der Waals surface area contributed by atoms with E-state index >= 15 is 0 Å². The van der Waals surface area contributed by atoms with Gasteiger partial charge in [-0.05, 0) is 29.7 Å². The van der Waals surface area contributed by atoms with Gasteiger partial charge in [0.2, 0.25) is 0 Å². The highest BCUT2D eigenvalue weighted by Gasteiger charge is 2.27. The van der Waals surface area contributed by atoms with Crippen LogP contribution in [-0.2, 0) is 17.8 Å². The molecular formula is C16H19N3O2. The van der Waals surface area contributed by atoms with E-state index in [0.717, 1.165) is 23.3 Å². The summed E-state index contributed by atoms with van der Waals surface area (Å²) in [5, 5.41) is 2.94. The molecule has 2 amide bonds. The lowest BCUT2D eigenvalue weighted by Gasteiger charge is -2.18. The van der Waals surface area contributed by atoms with E-state index in [0.29, 0.717) is 19.6 Å². The Bertz CT molecular complexity index is 584. The molecule has 2 aliphatic rings. The second-order valence-corrected chi connectivity index (χ2v) is 5.37. The molecule has 1 aromatic rings. The first kappa shape index (κ1) is 13.7. The van der Waals surface area contributed by atoms with Crippen LogP contribution in [0.5, 0.6) is 0 Å². The van der Waals surface area contributed by atoms with Crippen molar-refractivity contribution < 1.29 is 9.53 Å². The lowest BCUT2D eigenvalue weighted by atomic mass is 10.1. The molecule has 3 rings (SSSR count). The zero-order valence-electron chi connectivity index (χ0n) is 12.1. The third-order valence-corrected chi connectivity index (χ3v) is 3.96. The minimum absolute atomic E-state index is 0.0145. The molecule has 1 atom stereocenters. The molecule has 1 N–H and O–H groups in total. The summed E-state index contributed by atoms with van der Waals surface area (Å²) < 4.78 is 5.63. The van der Waals surface area contributed by atoms with Crippen molar-refractivity contribution in [3.05, 3.63) is 53.6 Å². The van der Waals surface area contributed by atoms with Crippen molar-refractivity contribution in [1.82, 2.24) is 15.2 Å². The van der Waals surface area contributed by atoms with Gasteiger partial charge in [0.05, 0.1) is 6.54 Å². The Morgan fingerprint density at radius 2 is 2.38 bits per heavy atom. The standard InChI is InChI=1S/C16H19N3O2/c1-3-12-6-15(21-11(12)2)8-18-16(20)19-9-13-4-5-17-7-14(13)10-19/h3-5,7,15H,2,6,8-10H2,1H3,(H,18,20)/b12-3-. The summed E-state index contributed by atoms with van der Waals surface area (Å²) in [6.07, 6.45) is 6.38. The summed E-state index contributed by atoms with van der Waals surface area (Å²) in [5.41, 5.74) is 3.41. The van der Waals surface area contributed by atoms with E-state index < -0.39 is 0 Å². The van der Waals surface area contributed by atoms with E-state index in [1.165, 1.54) is 5.56 Å². The van der Waals surface area contributed by atoms with Crippen LogP contribution >= 0.6 is 0 Å². The number of allylic oxidation sites excluding steroid dienone is 2. The zero-order chi connectivity index (χ0) is 14.8. The Morgan fingerprint density at radius 3 is 3.10 bits per heavy atom. The number of hydrogen-bond donors (Lipinski definition) is 1. The maximum absolute atomic E-state index is 12.2. The van der Waals surface area contributed by atoms with Crippen LogP contribution in [0.1, 0.15) is 24.5 Å². The van der Waals surface area contributed by atoms with E-state index in [1.807, 2.05) is 25.3 Å². The largest absolute Gasteiger partial charge is 0.489 e. The Hall–Kier alpha value is -2.30. The minimum atomic E-state index is -0.0608. The predicted molar refractivity (Wildman–Crippen MR) is 79.3 cm³/mol. The summed E-state index contributed by atoms with van der Waals surface area (Å²) in [6.45, 7) is 7.60. The number of ether oxygens (including phenoxy) is 1. The van der Waals surface area contributed by atoms with E-state index in [9.17, 15) is 4.79 Å². The maximum Gasteiger partial charge on any atom is 0.318 e. The maximum atomic E-state index is 12.2. The van der Waals surface area contributed by atoms with Crippen LogP contribution in [0.25, 0.3) is 0 Å². The molecule has 0 saturated carbocycles. The molecular weight excluding hydrogens is 266 g/mol. The lowest BCUT2D eigenvalue weighted by molar-refractivity contribution is 0.152. The first-order valence-corrected chi connectivity index (χ1v) is 7.13. The smallest absolute Gasteiger partial charge is 0.318 e. The SMILES string of the molecule is C=C1OC(CNC(=O)N2Cc3ccncc3C2)C/C1=C/C. The van der Waals surface area contributed by atoms with Crippen molar-refractivity contribution >= 4 is 6.03 Å². The van der Waals surface area contributed by atoms with Gasteiger partial charge < -0.3 is 15.0 Å². The number of pyridine rings is 1. The fraction of sp³-hybridized carbons (Fsp3) is 0.375. The molecule has 1 aromatic heterocycles. The summed E-state index contributed by atoms with van der Waals surface area (Å²) in [7, 11) is 0. The molecule has 0 aromatic carbocycles. The molecule has 0 bridgehead atoms. The molecule has 1 fully saturated rings. The molecule has 0 radical (unpaired) electrons. The van der Waals surface area contributed by atoms with Crippen molar-refractivity contribution in [3.8, 4) is 0 Å². The van der Waals surface area contributed by atoms with Crippen LogP contribution in [0.3, 0.4) is 0 Å². The summed E-state index contributed by atoms with van der Waals surface area (Å²) in [4.78, 5) is 18.1. The van der Waals surface area contributed by atoms with Crippen LogP contribution in [0.4, 0.5) is 4.79 Å². The Kier molecular flexibility index (Phi) is 3.64. The van der Waals surface area contributed by atoms with Gasteiger partial charge in [0.15, 0.2) is 0 Å². The van der Waals surface area contributed by atoms with Gasteiger partial charge in [-0.25, -0.2) is 4.79 Å². The number of nitrogens with one attached hydrogen (secondary N) is 1. The zero-order valence-corrected chi connectivity index (χ0v) is 12.1. The summed E-state index contributed by atoms with van der Waals surface area (Å²) in [6, 6.07) is 1.90. The van der Waals surface area contributed by atoms with Crippen molar-refractivity contribution in [2.24, 2.45) is 0 Å². The predicted octanol–water partition coefficient (Wildman–Crippen LogP) is 2.36. The van der Waals surface area contributed by atoms with E-state index in [1.54, 1.807) is 11.1 Å². The van der Waals surface area contributed by atoms with E-state index in [-0.39, 0.29) is 12.1 Å². The van der Waals surface area contributed by atoms with E-state index in [2.05, 4.69) is 16.9 Å². The van der Waals surface area contributed by atoms with Gasteiger partial charge in [-0.1, -0.05) is 12.7 Å². The fourth-order valence-corrected chi connectivity index (χ4v) is 2.75. The number of urea groups is 1. The van der Waals surface area contributed by atoms with E-state index in [4.69, 9.17) is 4.74 Å². The van der Waals surface area contributed by atoms with Crippen molar-refractivity contribution in [2.45, 2.75) is 32.5 Å². The molecule has 3 heterocycles. The number of carbonyl (C=O) groups excluding carboxylic acids is 1. The van der Waals surface area contributed by atoms with Crippen LogP contribution < -0.4 is 5.32 Å². The molecule has 0 aliphatic carbocycles. The average Bonchev–Trinajstić information content (AvgIpc) is 3.07. The number of rotatable bonds is 2. The highest BCUT2D eigenvalue weighted by Crippen LogP contribution is 2.27. The van der Waals surface area contributed by atoms with Gasteiger partial charge in [0.1, 0.15) is 11.9 Å². The Balaban J connectivity index is 1.51. The fourth-order valence-electron chi connectivity index (χ4n) is 2.75. The quantitative estimate of drug-likeness (QED) is 0.907. The highest BCUT2D eigenvalue weighted by molar-refractivity contribution is 5.75. The summed E-state index contributed by atoms with van der Waals surface area (Å²) >= 11 is 0. The Morgan fingerprint density at radius 1 is 1.57 bits per heavy atom. The molecule has 5 heteroatoms. The number of aromatic nitrogens is 1. The number of carbonyl (C=O) groups is 1. The van der Waals surface area contributed by atoms with Gasteiger partial charge in [-0.3, -0.25) is 4.98 Å². The van der Waals surface area contributed by atoms with Crippen molar-refractivity contribution in [1.29, 1.82) is 0 Å². The first-order chi connectivity index (χ1) is 10.2. The number of amides is 2. The average molecular weight is 285 g/mol. The monoisotopic (exact) mass is 285 g/mol. The third kappa shape index (κ3) is 2.77. The van der Waals surface area contributed by atoms with Crippen LogP contribution in [-0.4, -0.2) is 28.6 Å². The Labute approximate surface area is 124 Å². The number of hydrogen-bond acceptors (Lipinski definition) is 3. The first-order valence-electron chi connectivity index (χ1n) is 7.13. The number of fused-ring (bicyclic) bond motifs is 1. The molecule has 1 unspecified atom stereocenters. The van der Waals surface area contributed by atoms with Crippen molar-refractivity contribution in [2.75, 3.05) is 6.54 Å². The van der Waals surface area contributed by atoms with Gasteiger partial charge in [-0.15, -0.1) is 0 Å². The molecule has 2 aliphatic heterocycles. The molecule has 5 nitrogen and oxygen atoms in total. The van der Waals surface area contributed by atoms with Crippen molar-refractivity contribution in [3.63, 3.8) is 0 Å². The van der Waals surface area contributed by atoms with Gasteiger partial charge in [0.25, 0.3) is 0 Å². The van der Waals surface area contributed by atoms with Crippen LogP contribution in [0, 0.1) is 0 Å². The minimum Gasteiger partial charge on any atom is -0.489 e. The second-order valence-electron chi connectivity index (χ2n) is 5.37. The van der Waals surface area contributed by atoms with Crippen LogP contribution in [0.15, 0.2) is 42.4 Å². The second kappa shape index (κ2) is 5.60. The van der Waals surface area contributed by atoms with Gasteiger partial charge in [-0.2, -0.15) is 0 Å². The third-order valence-electron chi connectivity index (χ3n) is 3.96.